The van der Waals surface area contributed by atoms with E-state index in [1.54, 1.807) is 18.3 Å². The number of nitrogens with one attached hydrogen (secondary N) is 4. The zero-order chi connectivity index (χ0) is 14.1. The average molecular weight is 338 g/mol. The van der Waals surface area contributed by atoms with Crippen LogP contribution in [-0.2, 0) is 0 Å². The van der Waals surface area contributed by atoms with E-state index in [9.17, 15) is 9.59 Å². The molecule has 0 unspecified atom stereocenters. The van der Waals surface area contributed by atoms with Gasteiger partial charge in [0.25, 0.3) is 11.8 Å². The Morgan fingerprint density at radius 1 is 1.25 bits per heavy atom. The lowest BCUT2D eigenvalue weighted by atomic mass is 10.2. The predicted molar refractivity (Wildman–Crippen MR) is 74.0 cm³/mol. The zero-order valence-electron chi connectivity index (χ0n) is 10.4. The molecule has 20 heavy (non-hydrogen) atoms. The standard InChI is InChI=1S/C12H12BrN5O2/c13-7-3-9(14-5-7)11(19)17-18-12(20)10-4-8(15-16-10)6-1-2-6/h3-6,14H,1-2H2,(H,15,16)(H,17,19)(H,18,20). The second-order valence-corrected chi connectivity index (χ2v) is 5.54. The van der Waals surface area contributed by atoms with Crippen molar-refractivity contribution >= 4 is 27.7 Å². The Labute approximate surface area is 122 Å². The van der Waals surface area contributed by atoms with Gasteiger partial charge in [-0.3, -0.25) is 25.5 Å². The van der Waals surface area contributed by atoms with Crippen molar-refractivity contribution in [3.63, 3.8) is 0 Å². The third kappa shape index (κ3) is 2.74. The fraction of sp³-hybridized carbons (Fsp3) is 0.250. The van der Waals surface area contributed by atoms with E-state index in [1.165, 1.54) is 0 Å². The maximum atomic E-state index is 11.8. The van der Waals surface area contributed by atoms with Crippen LogP contribution in [0.25, 0.3) is 0 Å². The molecule has 1 fully saturated rings. The van der Waals surface area contributed by atoms with E-state index < -0.39 is 11.8 Å². The van der Waals surface area contributed by atoms with Crippen molar-refractivity contribution in [1.29, 1.82) is 0 Å². The number of halogens is 1. The van der Waals surface area contributed by atoms with E-state index in [2.05, 4.69) is 42.0 Å². The number of H-pyrrole nitrogens is 2. The first-order valence-electron chi connectivity index (χ1n) is 6.13. The molecule has 2 aromatic heterocycles. The second-order valence-electron chi connectivity index (χ2n) is 4.62. The molecule has 0 saturated heterocycles. The molecule has 1 aliphatic rings. The van der Waals surface area contributed by atoms with Crippen LogP contribution in [-0.4, -0.2) is 27.0 Å². The van der Waals surface area contributed by atoms with Gasteiger partial charge in [-0.15, -0.1) is 0 Å². The number of carbonyl (C=O) groups is 2. The average Bonchev–Trinajstić information content (AvgIpc) is 3.00. The fourth-order valence-corrected chi connectivity index (χ4v) is 2.14. The lowest BCUT2D eigenvalue weighted by Crippen LogP contribution is -2.41. The molecule has 8 heteroatoms. The first-order chi connectivity index (χ1) is 9.63. The summed E-state index contributed by atoms with van der Waals surface area (Å²) >= 11 is 3.23. The molecule has 104 valence electrons. The van der Waals surface area contributed by atoms with Crippen LogP contribution in [0.5, 0.6) is 0 Å². The maximum Gasteiger partial charge on any atom is 0.290 e. The molecule has 0 spiro atoms. The summed E-state index contributed by atoms with van der Waals surface area (Å²) in [5, 5.41) is 6.76. The van der Waals surface area contributed by atoms with Crippen molar-refractivity contribution < 1.29 is 9.59 Å². The molecule has 0 aromatic carbocycles. The van der Waals surface area contributed by atoms with Gasteiger partial charge in [0.1, 0.15) is 5.69 Å². The molecule has 1 saturated carbocycles. The Hall–Kier alpha value is -2.09. The van der Waals surface area contributed by atoms with Crippen LogP contribution >= 0.6 is 15.9 Å². The van der Waals surface area contributed by atoms with Gasteiger partial charge in [-0.2, -0.15) is 5.10 Å². The highest BCUT2D eigenvalue weighted by Crippen LogP contribution is 2.38. The van der Waals surface area contributed by atoms with Crippen molar-refractivity contribution in [2.45, 2.75) is 18.8 Å². The third-order valence-electron chi connectivity index (χ3n) is 3.03. The summed E-state index contributed by atoms with van der Waals surface area (Å²) in [6, 6.07) is 3.33. The summed E-state index contributed by atoms with van der Waals surface area (Å²) in [4.78, 5) is 26.3. The quantitative estimate of drug-likeness (QED) is 0.637. The Bertz CT molecular complexity index is 658. The number of nitrogens with zero attached hydrogens (tertiary/aromatic N) is 1. The Kier molecular flexibility index (Phi) is 3.31. The number of hydrazine groups is 1. The summed E-state index contributed by atoms with van der Waals surface area (Å²) in [6.07, 6.45) is 3.88. The largest absolute Gasteiger partial charge is 0.356 e. The summed E-state index contributed by atoms with van der Waals surface area (Å²) in [5.74, 6) is -0.385. The molecular formula is C12H12BrN5O2. The first-order valence-corrected chi connectivity index (χ1v) is 6.92. The lowest BCUT2D eigenvalue weighted by Gasteiger charge is -2.03. The van der Waals surface area contributed by atoms with Crippen molar-refractivity contribution in [2.24, 2.45) is 0 Å². The summed E-state index contributed by atoms with van der Waals surface area (Å²) < 4.78 is 0.760. The van der Waals surface area contributed by atoms with Crippen molar-refractivity contribution in [1.82, 2.24) is 26.0 Å². The molecule has 3 rings (SSSR count). The fourth-order valence-electron chi connectivity index (χ4n) is 1.80. The van der Waals surface area contributed by atoms with E-state index in [1.807, 2.05) is 0 Å². The Balaban J connectivity index is 1.57. The van der Waals surface area contributed by atoms with E-state index in [-0.39, 0.29) is 5.69 Å². The van der Waals surface area contributed by atoms with Crippen LogP contribution in [0.3, 0.4) is 0 Å². The van der Waals surface area contributed by atoms with Crippen LogP contribution in [0.1, 0.15) is 45.4 Å². The molecule has 7 nitrogen and oxygen atoms in total. The van der Waals surface area contributed by atoms with Crippen molar-refractivity contribution in [3.8, 4) is 0 Å². The van der Waals surface area contributed by atoms with Gasteiger partial charge in [0.05, 0.1) is 0 Å². The SMILES string of the molecule is O=C(NNC(=O)c1cc(Br)c[nH]1)c1cc(C2CC2)[nH]n1. The number of hydrogen-bond donors (Lipinski definition) is 4. The van der Waals surface area contributed by atoms with Crippen LogP contribution in [0, 0.1) is 0 Å². The molecule has 2 heterocycles. The van der Waals surface area contributed by atoms with Crippen molar-refractivity contribution in [3.05, 3.63) is 39.9 Å². The van der Waals surface area contributed by atoms with Crippen LogP contribution in [0.4, 0.5) is 0 Å². The van der Waals surface area contributed by atoms with E-state index in [4.69, 9.17) is 0 Å². The number of rotatable bonds is 3. The summed E-state index contributed by atoms with van der Waals surface area (Å²) in [7, 11) is 0. The van der Waals surface area contributed by atoms with Gasteiger partial charge < -0.3 is 4.98 Å². The highest BCUT2D eigenvalue weighted by molar-refractivity contribution is 9.10. The minimum absolute atomic E-state index is 0.264. The number of aromatic amines is 2. The third-order valence-corrected chi connectivity index (χ3v) is 3.49. The Morgan fingerprint density at radius 3 is 2.65 bits per heavy atom. The first kappa shape index (κ1) is 12.9. The lowest BCUT2D eigenvalue weighted by molar-refractivity contribution is 0.0841. The van der Waals surface area contributed by atoms with Crippen LogP contribution < -0.4 is 10.9 Å². The van der Waals surface area contributed by atoms with Gasteiger partial charge in [0.15, 0.2) is 5.69 Å². The van der Waals surface area contributed by atoms with E-state index in [0.29, 0.717) is 11.6 Å². The maximum absolute atomic E-state index is 11.8. The topological polar surface area (TPSA) is 103 Å². The number of amides is 2. The smallest absolute Gasteiger partial charge is 0.290 e. The monoisotopic (exact) mass is 337 g/mol. The normalized spacial score (nSPS) is 14.1. The molecule has 1 aliphatic carbocycles. The van der Waals surface area contributed by atoms with Gasteiger partial charge in [0, 0.05) is 22.3 Å². The Morgan fingerprint density at radius 2 is 2.00 bits per heavy atom. The minimum Gasteiger partial charge on any atom is -0.356 e. The predicted octanol–water partition coefficient (Wildman–Crippen LogP) is 1.45. The highest BCUT2D eigenvalue weighted by atomic mass is 79.9. The van der Waals surface area contributed by atoms with Crippen LogP contribution in [0.2, 0.25) is 0 Å². The molecule has 0 bridgehead atoms. The molecule has 0 radical (unpaired) electrons. The summed E-state index contributed by atoms with van der Waals surface area (Å²) in [5.41, 5.74) is 6.22. The summed E-state index contributed by atoms with van der Waals surface area (Å²) in [6.45, 7) is 0. The molecular weight excluding hydrogens is 326 g/mol. The molecule has 4 N–H and O–H groups in total. The van der Waals surface area contributed by atoms with Crippen LogP contribution in [0.15, 0.2) is 22.8 Å². The van der Waals surface area contributed by atoms with Gasteiger partial charge in [-0.25, -0.2) is 0 Å². The zero-order valence-corrected chi connectivity index (χ0v) is 12.0. The number of hydrogen-bond acceptors (Lipinski definition) is 3. The second kappa shape index (κ2) is 5.12. The van der Waals surface area contributed by atoms with E-state index >= 15 is 0 Å². The van der Waals surface area contributed by atoms with Gasteiger partial charge in [0.2, 0.25) is 0 Å². The number of aromatic nitrogens is 3. The molecule has 2 aromatic rings. The van der Waals surface area contributed by atoms with E-state index in [0.717, 1.165) is 23.0 Å². The van der Waals surface area contributed by atoms with Gasteiger partial charge >= 0.3 is 0 Å². The van der Waals surface area contributed by atoms with Gasteiger partial charge in [-0.1, -0.05) is 0 Å². The van der Waals surface area contributed by atoms with Gasteiger partial charge in [-0.05, 0) is 40.9 Å². The van der Waals surface area contributed by atoms with Crippen molar-refractivity contribution in [2.75, 3.05) is 0 Å². The minimum atomic E-state index is -0.452. The molecule has 0 aliphatic heterocycles. The highest BCUT2D eigenvalue weighted by Gasteiger charge is 2.26. The number of carbonyl (C=O) groups excluding carboxylic acids is 2. The molecule has 2 amide bonds. The molecule has 0 atom stereocenters.